The molecule has 0 atom stereocenters. The fourth-order valence-electron chi connectivity index (χ4n) is 1.59. The molecule has 2 heteroatoms. The lowest BCUT2D eigenvalue weighted by Crippen LogP contribution is -1.88. The zero-order valence-corrected chi connectivity index (χ0v) is 8.26. The number of aromatic amines is 1. The van der Waals surface area contributed by atoms with Crippen LogP contribution >= 0.6 is 0 Å². The first kappa shape index (κ1) is 8.30. The van der Waals surface area contributed by atoms with Gasteiger partial charge in [-0.15, -0.1) is 0 Å². The zero-order chi connectivity index (χ0) is 9.42. The molecule has 68 valence electrons. The van der Waals surface area contributed by atoms with Crippen molar-refractivity contribution in [2.24, 2.45) is 0 Å². The summed E-state index contributed by atoms with van der Waals surface area (Å²) in [6.45, 7) is 6.54. The van der Waals surface area contributed by atoms with Crippen molar-refractivity contribution in [2.75, 3.05) is 0 Å². The Morgan fingerprint density at radius 1 is 1.31 bits per heavy atom. The van der Waals surface area contributed by atoms with E-state index in [1.165, 1.54) is 16.5 Å². The summed E-state index contributed by atoms with van der Waals surface area (Å²) < 4.78 is 0. The lowest BCUT2D eigenvalue weighted by molar-refractivity contribution is 0.866. The maximum Gasteiger partial charge on any atom is 0.0655 e. The topological polar surface area (TPSA) is 28.7 Å². The summed E-state index contributed by atoms with van der Waals surface area (Å²) in [6, 6.07) is 4.42. The van der Waals surface area contributed by atoms with Gasteiger partial charge in [0.2, 0.25) is 0 Å². The average molecular weight is 174 g/mol. The van der Waals surface area contributed by atoms with Crippen LogP contribution in [0.3, 0.4) is 0 Å². The molecule has 0 saturated carbocycles. The maximum atomic E-state index is 4.04. The summed E-state index contributed by atoms with van der Waals surface area (Å²) >= 11 is 0. The van der Waals surface area contributed by atoms with Crippen LogP contribution in [0.2, 0.25) is 0 Å². The number of hydrogen-bond donors (Lipinski definition) is 1. The molecule has 0 bridgehead atoms. The van der Waals surface area contributed by atoms with Crippen LogP contribution in [0.4, 0.5) is 0 Å². The molecule has 2 nitrogen and oxygen atoms in total. The quantitative estimate of drug-likeness (QED) is 0.707. The van der Waals surface area contributed by atoms with Gasteiger partial charge >= 0.3 is 0 Å². The minimum Gasteiger partial charge on any atom is -0.278 e. The molecular weight excluding hydrogens is 160 g/mol. The van der Waals surface area contributed by atoms with Crippen molar-refractivity contribution in [1.29, 1.82) is 0 Å². The SMILES string of the molecule is Cc1cc(C(C)C)cc2[nH]ncc12. The predicted molar refractivity (Wildman–Crippen MR) is 54.9 cm³/mol. The van der Waals surface area contributed by atoms with E-state index in [4.69, 9.17) is 0 Å². The minimum atomic E-state index is 0.575. The molecule has 0 unspecified atom stereocenters. The largest absolute Gasteiger partial charge is 0.278 e. The van der Waals surface area contributed by atoms with Crippen molar-refractivity contribution < 1.29 is 0 Å². The molecule has 2 rings (SSSR count). The number of H-pyrrole nitrogens is 1. The van der Waals surface area contributed by atoms with Gasteiger partial charge < -0.3 is 0 Å². The van der Waals surface area contributed by atoms with Gasteiger partial charge in [-0.2, -0.15) is 5.10 Å². The number of nitrogens with one attached hydrogen (secondary N) is 1. The fraction of sp³-hybridized carbons (Fsp3) is 0.364. The number of hydrogen-bond acceptors (Lipinski definition) is 1. The molecule has 0 aliphatic rings. The first-order chi connectivity index (χ1) is 6.18. The second-order valence-electron chi connectivity index (χ2n) is 3.82. The monoisotopic (exact) mass is 174 g/mol. The van der Waals surface area contributed by atoms with Crippen LogP contribution in [0.25, 0.3) is 10.9 Å². The number of fused-ring (bicyclic) bond motifs is 1. The molecular formula is C11H14N2. The summed E-state index contributed by atoms with van der Waals surface area (Å²) in [4.78, 5) is 0. The summed E-state index contributed by atoms with van der Waals surface area (Å²) in [5, 5.41) is 8.27. The Morgan fingerprint density at radius 2 is 2.08 bits per heavy atom. The second-order valence-corrected chi connectivity index (χ2v) is 3.82. The van der Waals surface area contributed by atoms with E-state index in [1.54, 1.807) is 0 Å². The van der Waals surface area contributed by atoms with E-state index >= 15 is 0 Å². The van der Waals surface area contributed by atoms with E-state index < -0.39 is 0 Å². The van der Waals surface area contributed by atoms with Crippen LogP contribution in [-0.2, 0) is 0 Å². The fourth-order valence-corrected chi connectivity index (χ4v) is 1.59. The third-order valence-corrected chi connectivity index (χ3v) is 2.45. The van der Waals surface area contributed by atoms with Crippen molar-refractivity contribution >= 4 is 10.9 Å². The molecule has 0 spiro atoms. The molecule has 1 N–H and O–H groups in total. The lowest BCUT2D eigenvalue weighted by atomic mass is 9.99. The van der Waals surface area contributed by atoms with Crippen LogP contribution in [0.1, 0.15) is 30.9 Å². The van der Waals surface area contributed by atoms with Gasteiger partial charge in [0, 0.05) is 5.39 Å². The van der Waals surface area contributed by atoms with E-state index in [0.717, 1.165) is 5.52 Å². The van der Waals surface area contributed by atoms with Crippen LogP contribution in [-0.4, -0.2) is 10.2 Å². The van der Waals surface area contributed by atoms with Gasteiger partial charge in [-0.1, -0.05) is 19.9 Å². The highest BCUT2D eigenvalue weighted by atomic mass is 15.1. The molecule has 1 aromatic carbocycles. The van der Waals surface area contributed by atoms with E-state index in [1.807, 2.05) is 6.20 Å². The summed E-state index contributed by atoms with van der Waals surface area (Å²) in [7, 11) is 0. The third kappa shape index (κ3) is 1.32. The van der Waals surface area contributed by atoms with E-state index in [9.17, 15) is 0 Å². The number of nitrogens with zero attached hydrogens (tertiary/aromatic N) is 1. The molecule has 0 amide bonds. The number of aryl methyl sites for hydroxylation is 1. The molecule has 0 aliphatic heterocycles. The summed E-state index contributed by atoms with van der Waals surface area (Å²) in [6.07, 6.45) is 1.88. The van der Waals surface area contributed by atoms with Gasteiger partial charge in [0.15, 0.2) is 0 Å². The summed E-state index contributed by atoms with van der Waals surface area (Å²) in [5.74, 6) is 0.575. The van der Waals surface area contributed by atoms with Gasteiger partial charge in [0.05, 0.1) is 11.7 Å². The Morgan fingerprint density at radius 3 is 2.77 bits per heavy atom. The van der Waals surface area contributed by atoms with Crippen molar-refractivity contribution in [3.05, 3.63) is 29.5 Å². The highest BCUT2D eigenvalue weighted by molar-refractivity contribution is 5.82. The van der Waals surface area contributed by atoms with Gasteiger partial charge in [-0.25, -0.2) is 0 Å². The third-order valence-electron chi connectivity index (χ3n) is 2.45. The molecule has 2 aromatic rings. The van der Waals surface area contributed by atoms with Crippen LogP contribution < -0.4 is 0 Å². The molecule has 0 aliphatic carbocycles. The number of benzene rings is 1. The Hall–Kier alpha value is -1.31. The van der Waals surface area contributed by atoms with Crippen molar-refractivity contribution in [3.63, 3.8) is 0 Å². The highest BCUT2D eigenvalue weighted by Crippen LogP contribution is 2.22. The van der Waals surface area contributed by atoms with Crippen molar-refractivity contribution in [1.82, 2.24) is 10.2 Å². The minimum absolute atomic E-state index is 0.575. The molecule has 0 radical (unpaired) electrons. The highest BCUT2D eigenvalue weighted by Gasteiger charge is 2.04. The van der Waals surface area contributed by atoms with Gasteiger partial charge in [-0.3, -0.25) is 5.10 Å². The Bertz CT molecular complexity index is 427. The normalized spacial score (nSPS) is 11.4. The van der Waals surface area contributed by atoms with Gasteiger partial charge in [-0.05, 0) is 30.0 Å². The molecule has 0 saturated heterocycles. The van der Waals surface area contributed by atoms with E-state index in [0.29, 0.717) is 5.92 Å². The van der Waals surface area contributed by atoms with Crippen LogP contribution in [0, 0.1) is 6.92 Å². The van der Waals surface area contributed by atoms with Crippen molar-refractivity contribution in [3.8, 4) is 0 Å². The molecule has 0 fully saturated rings. The number of rotatable bonds is 1. The van der Waals surface area contributed by atoms with Crippen molar-refractivity contribution in [2.45, 2.75) is 26.7 Å². The smallest absolute Gasteiger partial charge is 0.0655 e. The second kappa shape index (κ2) is 2.87. The van der Waals surface area contributed by atoms with Gasteiger partial charge in [0.25, 0.3) is 0 Å². The Labute approximate surface area is 78.0 Å². The maximum absolute atomic E-state index is 4.04. The Balaban J connectivity index is 2.70. The molecule has 13 heavy (non-hydrogen) atoms. The Kier molecular flexibility index (Phi) is 1.83. The molecule has 1 aromatic heterocycles. The average Bonchev–Trinajstić information content (AvgIpc) is 2.51. The standard InChI is InChI=1S/C11H14N2/c1-7(2)9-4-8(3)10-6-12-13-11(10)5-9/h4-7H,1-3H3,(H,12,13). The lowest BCUT2D eigenvalue weighted by Gasteiger charge is -2.06. The number of aromatic nitrogens is 2. The predicted octanol–water partition coefficient (Wildman–Crippen LogP) is 2.99. The summed E-state index contributed by atoms with van der Waals surface area (Å²) in [5.41, 5.74) is 3.81. The first-order valence-electron chi connectivity index (χ1n) is 4.62. The zero-order valence-electron chi connectivity index (χ0n) is 8.26. The first-order valence-corrected chi connectivity index (χ1v) is 4.62. The van der Waals surface area contributed by atoms with E-state index in [2.05, 4.69) is 43.1 Å². The van der Waals surface area contributed by atoms with Crippen LogP contribution in [0.15, 0.2) is 18.3 Å². The van der Waals surface area contributed by atoms with Crippen LogP contribution in [0.5, 0.6) is 0 Å². The van der Waals surface area contributed by atoms with E-state index in [-0.39, 0.29) is 0 Å². The van der Waals surface area contributed by atoms with Gasteiger partial charge in [0.1, 0.15) is 0 Å². The molecule has 1 heterocycles.